The second-order valence-corrected chi connectivity index (χ2v) is 2.59. The number of rotatable bonds is 7. The monoisotopic (exact) mass is 162 g/mol. The predicted octanol–water partition coefficient (Wildman–Crippen LogP) is 0.894. The minimum Gasteiger partial charge on any atom is -0.381 e. The summed E-state index contributed by atoms with van der Waals surface area (Å²) in [4.78, 5) is 0. The molecule has 0 spiro atoms. The third kappa shape index (κ3) is 9.88. The Hall–Kier alpha value is -0.120. The Morgan fingerprint density at radius 2 is 1.82 bits per heavy atom. The van der Waals surface area contributed by atoms with Crippen LogP contribution in [0.2, 0.25) is 0 Å². The second kappa shape index (κ2) is 7.98. The normalized spacial score (nSPS) is 10.9. The van der Waals surface area contributed by atoms with Crippen molar-refractivity contribution in [3.05, 3.63) is 0 Å². The van der Waals surface area contributed by atoms with Crippen LogP contribution in [0, 0.1) is 0 Å². The van der Waals surface area contributed by atoms with Crippen LogP contribution in [0.25, 0.3) is 0 Å². The molecule has 0 aromatic rings. The SMILES string of the molecule is CCCCOCCCC(O)O. The van der Waals surface area contributed by atoms with Crippen molar-refractivity contribution in [3.8, 4) is 0 Å². The van der Waals surface area contributed by atoms with Crippen LogP contribution in [-0.4, -0.2) is 29.7 Å². The molecule has 0 radical (unpaired) electrons. The molecule has 0 unspecified atom stereocenters. The number of unbranched alkanes of at least 4 members (excludes halogenated alkanes) is 1. The average molecular weight is 162 g/mol. The molecule has 0 aromatic carbocycles. The first-order chi connectivity index (χ1) is 5.27. The average Bonchev–Trinajstić information content (AvgIpc) is 1.96. The number of hydrogen-bond acceptors (Lipinski definition) is 3. The summed E-state index contributed by atoms with van der Waals surface area (Å²) >= 11 is 0. The minimum absolute atomic E-state index is 0.409. The van der Waals surface area contributed by atoms with Crippen LogP contribution < -0.4 is 0 Å². The lowest BCUT2D eigenvalue weighted by atomic mass is 10.3. The molecule has 0 rings (SSSR count). The molecular formula is C8H18O3. The maximum Gasteiger partial charge on any atom is 0.151 e. The molecule has 2 N–H and O–H groups in total. The fourth-order valence-corrected chi connectivity index (χ4v) is 0.716. The van der Waals surface area contributed by atoms with E-state index in [0.29, 0.717) is 13.0 Å². The lowest BCUT2D eigenvalue weighted by molar-refractivity contribution is -0.0505. The highest BCUT2D eigenvalue weighted by Crippen LogP contribution is 1.95. The van der Waals surface area contributed by atoms with E-state index in [0.717, 1.165) is 25.9 Å². The van der Waals surface area contributed by atoms with Crippen molar-refractivity contribution in [2.45, 2.75) is 38.9 Å². The van der Waals surface area contributed by atoms with Crippen molar-refractivity contribution in [1.82, 2.24) is 0 Å². The van der Waals surface area contributed by atoms with E-state index in [4.69, 9.17) is 14.9 Å². The molecule has 0 aliphatic carbocycles. The van der Waals surface area contributed by atoms with E-state index >= 15 is 0 Å². The molecule has 0 saturated heterocycles. The van der Waals surface area contributed by atoms with Crippen molar-refractivity contribution >= 4 is 0 Å². The third-order valence-corrected chi connectivity index (χ3v) is 1.39. The van der Waals surface area contributed by atoms with Crippen LogP contribution in [0.5, 0.6) is 0 Å². The summed E-state index contributed by atoms with van der Waals surface area (Å²) < 4.78 is 5.20. The molecule has 11 heavy (non-hydrogen) atoms. The number of aliphatic hydroxyl groups excluding tert-OH is 1. The van der Waals surface area contributed by atoms with Crippen molar-refractivity contribution < 1.29 is 14.9 Å². The van der Waals surface area contributed by atoms with Gasteiger partial charge in [0.2, 0.25) is 0 Å². The quantitative estimate of drug-likeness (QED) is 0.432. The summed E-state index contributed by atoms with van der Waals surface area (Å²) in [6.07, 6.45) is 2.18. The summed E-state index contributed by atoms with van der Waals surface area (Å²) in [6, 6.07) is 0. The molecule has 0 heterocycles. The fraction of sp³-hybridized carbons (Fsp3) is 1.00. The van der Waals surface area contributed by atoms with Gasteiger partial charge in [-0.3, -0.25) is 0 Å². The Labute approximate surface area is 68.0 Å². The Morgan fingerprint density at radius 1 is 1.18 bits per heavy atom. The molecule has 3 heteroatoms. The number of ether oxygens (including phenoxy) is 1. The van der Waals surface area contributed by atoms with E-state index in [2.05, 4.69) is 6.92 Å². The van der Waals surface area contributed by atoms with Crippen molar-refractivity contribution in [3.63, 3.8) is 0 Å². The largest absolute Gasteiger partial charge is 0.381 e. The molecule has 0 aromatic heterocycles. The zero-order valence-electron chi connectivity index (χ0n) is 7.12. The van der Waals surface area contributed by atoms with Crippen LogP contribution in [0.3, 0.4) is 0 Å². The first-order valence-corrected chi connectivity index (χ1v) is 4.21. The molecule has 0 bridgehead atoms. The fourth-order valence-electron chi connectivity index (χ4n) is 0.716. The van der Waals surface area contributed by atoms with E-state index < -0.39 is 6.29 Å². The van der Waals surface area contributed by atoms with Gasteiger partial charge < -0.3 is 14.9 Å². The molecule has 0 atom stereocenters. The van der Waals surface area contributed by atoms with Crippen molar-refractivity contribution in [2.24, 2.45) is 0 Å². The van der Waals surface area contributed by atoms with E-state index in [1.807, 2.05) is 0 Å². The van der Waals surface area contributed by atoms with Crippen LogP contribution in [0.4, 0.5) is 0 Å². The summed E-state index contributed by atoms with van der Waals surface area (Å²) in [6.45, 7) is 3.54. The van der Waals surface area contributed by atoms with E-state index in [1.165, 1.54) is 0 Å². The zero-order valence-corrected chi connectivity index (χ0v) is 7.12. The Morgan fingerprint density at radius 3 is 2.36 bits per heavy atom. The van der Waals surface area contributed by atoms with E-state index in [1.54, 1.807) is 0 Å². The maximum absolute atomic E-state index is 8.46. The summed E-state index contributed by atoms with van der Waals surface area (Å²) in [5.41, 5.74) is 0. The Bertz CT molecular complexity index is 73.7. The third-order valence-electron chi connectivity index (χ3n) is 1.39. The number of aliphatic hydroxyl groups is 2. The summed E-state index contributed by atoms with van der Waals surface area (Å²) in [5.74, 6) is 0. The predicted molar refractivity (Wildman–Crippen MR) is 43.2 cm³/mol. The molecule has 0 saturated carbocycles. The van der Waals surface area contributed by atoms with Gasteiger partial charge in [0.25, 0.3) is 0 Å². The van der Waals surface area contributed by atoms with Gasteiger partial charge >= 0.3 is 0 Å². The van der Waals surface area contributed by atoms with E-state index in [-0.39, 0.29) is 0 Å². The van der Waals surface area contributed by atoms with Gasteiger partial charge in [0, 0.05) is 19.6 Å². The van der Waals surface area contributed by atoms with Gasteiger partial charge in [0.05, 0.1) is 0 Å². The molecule has 68 valence electrons. The van der Waals surface area contributed by atoms with Gasteiger partial charge in [-0.2, -0.15) is 0 Å². The van der Waals surface area contributed by atoms with Crippen LogP contribution in [0.1, 0.15) is 32.6 Å². The zero-order chi connectivity index (χ0) is 8.53. The highest BCUT2D eigenvalue weighted by atomic mass is 16.5. The molecule has 0 fully saturated rings. The van der Waals surface area contributed by atoms with Gasteiger partial charge in [0.1, 0.15) is 0 Å². The Kier molecular flexibility index (Phi) is 7.89. The lowest BCUT2D eigenvalue weighted by Gasteiger charge is -2.03. The molecule has 3 nitrogen and oxygen atoms in total. The van der Waals surface area contributed by atoms with Gasteiger partial charge in [-0.25, -0.2) is 0 Å². The lowest BCUT2D eigenvalue weighted by Crippen LogP contribution is -2.06. The van der Waals surface area contributed by atoms with Crippen molar-refractivity contribution in [2.75, 3.05) is 13.2 Å². The van der Waals surface area contributed by atoms with Gasteiger partial charge in [-0.15, -0.1) is 0 Å². The molecule has 0 aliphatic rings. The molecule has 0 aliphatic heterocycles. The van der Waals surface area contributed by atoms with Gasteiger partial charge in [0.15, 0.2) is 6.29 Å². The van der Waals surface area contributed by atoms with Crippen molar-refractivity contribution in [1.29, 1.82) is 0 Å². The first-order valence-electron chi connectivity index (χ1n) is 4.21. The van der Waals surface area contributed by atoms with E-state index in [9.17, 15) is 0 Å². The smallest absolute Gasteiger partial charge is 0.151 e. The van der Waals surface area contributed by atoms with Crippen LogP contribution >= 0.6 is 0 Å². The standard InChI is InChI=1S/C8H18O3/c1-2-3-6-11-7-4-5-8(9)10/h8-10H,2-7H2,1H3. The van der Waals surface area contributed by atoms with Gasteiger partial charge in [-0.1, -0.05) is 13.3 Å². The first kappa shape index (κ1) is 10.9. The summed E-state index contributed by atoms with van der Waals surface area (Å²) in [5, 5.41) is 16.9. The summed E-state index contributed by atoms with van der Waals surface area (Å²) in [7, 11) is 0. The topological polar surface area (TPSA) is 49.7 Å². The van der Waals surface area contributed by atoms with Gasteiger partial charge in [-0.05, 0) is 12.8 Å². The second-order valence-electron chi connectivity index (χ2n) is 2.59. The minimum atomic E-state index is -1.18. The molecular weight excluding hydrogens is 144 g/mol. The highest BCUT2D eigenvalue weighted by molar-refractivity contribution is 4.40. The van der Waals surface area contributed by atoms with Crippen LogP contribution in [0.15, 0.2) is 0 Å². The highest BCUT2D eigenvalue weighted by Gasteiger charge is 1.95. The number of hydrogen-bond donors (Lipinski definition) is 2. The molecule has 0 amide bonds. The van der Waals surface area contributed by atoms with Crippen LogP contribution in [-0.2, 0) is 4.74 Å². The Balaban J connectivity index is 2.80. The maximum atomic E-state index is 8.46.